The van der Waals surface area contributed by atoms with Crippen LogP contribution in [0.25, 0.3) is 27.9 Å². The molecular weight excluding hydrogens is 446 g/mol. The van der Waals surface area contributed by atoms with E-state index in [1.165, 1.54) is 0 Å². The van der Waals surface area contributed by atoms with Crippen molar-refractivity contribution in [2.24, 2.45) is 5.92 Å². The molecule has 6 heteroatoms. The lowest BCUT2D eigenvalue weighted by Gasteiger charge is -2.14. The maximum absolute atomic E-state index is 13.2. The molecule has 1 saturated carbocycles. The minimum Gasteiger partial charge on any atom is -0.367 e. The molecule has 5 aromatic rings. The van der Waals surface area contributed by atoms with E-state index in [1.807, 2.05) is 73.1 Å². The molecule has 0 atom stereocenters. The molecule has 0 bridgehead atoms. The normalized spacial score (nSPS) is 14.4. The van der Waals surface area contributed by atoms with Crippen LogP contribution < -0.4 is 5.32 Å². The van der Waals surface area contributed by atoms with Gasteiger partial charge in [0.2, 0.25) is 0 Å². The quantitative estimate of drug-likeness (QED) is 0.266. The SMILES string of the molecule is CC(C)CNc1nc2ccccc2n2c(-c3ccc(C(=O)CC4(c5ccccn5)CC4)cc3)cnc12. The molecule has 3 aromatic heterocycles. The van der Waals surface area contributed by atoms with E-state index in [9.17, 15) is 4.79 Å². The van der Waals surface area contributed by atoms with Gasteiger partial charge in [0, 0.05) is 41.4 Å². The molecule has 36 heavy (non-hydrogen) atoms. The number of fused-ring (bicyclic) bond motifs is 3. The fraction of sp³-hybridized carbons (Fsp3) is 0.267. The second-order valence-electron chi connectivity index (χ2n) is 10.2. The predicted molar refractivity (Wildman–Crippen MR) is 143 cm³/mol. The summed E-state index contributed by atoms with van der Waals surface area (Å²) in [5.74, 6) is 1.44. The largest absolute Gasteiger partial charge is 0.367 e. The number of pyridine rings is 1. The highest BCUT2D eigenvalue weighted by molar-refractivity contribution is 5.97. The third-order valence-electron chi connectivity index (χ3n) is 7.07. The molecule has 1 aliphatic rings. The Labute approximate surface area is 210 Å². The van der Waals surface area contributed by atoms with Crippen molar-refractivity contribution in [2.75, 3.05) is 11.9 Å². The van der Waals surface area contributed by atoms with Crippen LogP contribution in [0.2, 0.25) is 0 Å². The van der Waals surface area contributed by atoms with E-state index in [0.717, 1.165) is 64.4 Å². The number of carbonyl (C=O) groups is 1. The number of hydrogen-bond acceptors (Lipinski definition) is 5. The van der Waals surface area contributed by atoms with E-state index in [0.29, 0.717) is 12.3 Å². The standard InChI is InChI=1S/C30H29N5O/c1-20(2)18-32-28-29-33-19-25(35(29)24-8-4-3-7-23(24)34-28)21-10-12-22(13-11-21)26(36)17-30(14-15-30)27-9-5-6-16-31-27/h3-13,16,19-20H,14-15,17-18H2,1-2H3,(H,32,34). The number of carbonyl (C=O) groups excluding carboxylic acids is 1. The molecule has 1 fully saturated rings. The monoisotopic (exact) mass is 475 g/mol. The van der Waals surface area contributed by atoms with Gasteiger partial charge in [0.05, 0.1) is 22.9 Å². The van der Waals surface area contributed by atoms with E-state index in [-0.39, 0.29) is 11.2 Å². The highest BCUT2D eigenvalue weighted by Crippen LogP contribution is 2.50. The second-order valence-corrected chi connectivity index (χ2v) is 10.2. The number of nitrogens with zero attached hydrogens (tertiary/aromatic N) is 4. The van der Waals surface area contributed by atoms with Crippen molar-refractivity contribution in [3.63, 3.8) is 0 Å². The first kappa shape index (κ1) is 22.4. The van der Waals surface area contributed by atoms with Crippen LogP contribution >= 0.6 is 0 Å². The van der Waals surface area contributed by atoms with Gasteiger partial charge in [-0.05, 0) is 43.0 Å². The Morgan fingerprint density at radius 1 is 1.00 bits per heavy atom. The number of Topliss-reactive ketones (excluding diaryl/α,β-unsaturated/α-hetero) is 1. The summed E-state index contributed by atoms with van der Waals surface area (Å²) in [6.45, 7) is 5.17. The molecule has 2 aromatic carbocycles. The number of anilines is 1. The first-order chi connectivity index (χ1) is 17.5. The number of rotatable bonds is 8. The van der Waals surface area contributed by atoms with Crippen molar-refractivity contribution in [3.8, 4) is 11.3 Å². The molecule has 180 valence electrons. The van der Waals surface area contributed by atoms with E-state index >= 15 is 0 Å². The number of para-hydroxylation sites is 2. The summed E-state index contributed by atoms with van der Waals surface area (Å²) < 4.78 is 2.15. The Balaban J connectivity index is 1.33. The second kappa shape index (κ2) is 8.86. The molecule has 0 unspecified atom stereocenters. The van der Waals surface area contributed by atoms with Crippen LogP contribution in [0.4, 0.5) is 5.82 Å². The third-order valence-corrected chi connectivity index (χ3v) is 7.07. The molecule has 6 rings (SSSR count). The average molecular weight is 476 g/mol. The summed E-state index contributed by atoms with van der Waals surface area (Å²) in [4.78, 5) is 27.3. The van der Waals surface area contributed by atoms with E-state index < -0.39 is 0 Å². The summed E-state index contributed by atoms with van der Waals surface area (Å²) >= 11 is 0. The Morgan fingerprint density at radius 3 is 2.50 bits per heavy atom. The Morgan fingerprint density at radius 2 is 1.78 bits per heavy atom. The van der Waals surface area contributed by atoms with Gasteiger partial charge in [-0.15, -0.1) is 0 Å². The van der Waals surface area contributed by atoms with Crippen molar-refractivity contribution >= 4 is 28.3 Å². The molecule has 0 amide bonds. The lowest BCUT2D eigenvalue weighted by molar-refractivity contribution is 0.0969. The zero-order chi connectivity index (χ0) is 24.7. The summed E-state index contributed by atoms with van der Waals surface area (Å²) in [5.41, 5.74) is 6.37. The van der Waals surface area contributed by atoms with Crippen molar-refractivity contribution < 1.29 is 4.79 Å². The predicted octanol–water partition coefficient (Wildman–Crippen LogP) is 6.32. The number of imidazole rings is 1. The van der Waals surface area contributed by atoms with Gasteiger partial charge in [-0.3, -0.25) is 14.2 Å². The van der Waals surface area contributed by atoms with Crippen molar-refractivity contribution in [1.82, 2.24) is 19.4 Å². The number of aromatic nitrogens is 4. The van der Waals surface area contributed by atoms with E-state index in [1.54, 1.807) is 0 Å². The van der Waals surface area contributed by atoms with Crippen LogP contribution in [0.5, 0.6) is 0 Å². The van der Waals surface area contributed by atoms with Gasteiger partial charge in [0.25, 0.3) is 0 Å². The zero-order valence-electron chi connectivity index (χ0n) is 20.6. The third kappa shape index (κ3) is 4.02. The van der Waals surface area contributed by atoms with Gasteiger partial charge in [-0.2, -0.15) is 0 Å². The number of hydrogen-bond donors (Lipinski definition) is 1. The van der Waals surface area contributed by atoms with Gasteiger partial charge in [0.15, 0.2) is 17.2 Å². The Hall–Kier alpha value is -4.06. The topological polar surface area (TPSA) is 72.2 Å². The van der Waals surface area contributed by atoms with Gasteiger partial charge >= 0.3 is 0 Å². The van der Waals surface area contributed by atoms with Gasteiger partial charge in [-0.25, -0.2) is 9.97 Å². The maximum atomic E-state index is 13.2. The number of ketones is 1. The lowest BCUT2D eigenvalue weighted by Crippen LogP contribution is -2.15. The van der Waals surface area contributed by atoms with Crippen LogP contribution in [0.3, 0.4) is 0 Å². The summed E-state index contributed by atoms with van der Waals surface area (Å²) in [6.07, 6.45) is 6.24. The zero-order valence-corrected chi connectivity index (χ0v) is 20.6. The fourth-order valence-electron chi connectivity index (χ4n) is 4.89. The Kier molecular flexibility index (Phi) is 5.52. The minimum atomic E-state index is -0.0933. The molecule has 0 radical (unpaired) electrons. The molecule has 1 N–H and O–H groups in total. The fourth-order valence-corrected chi connectivity index (χ4v) is 4.89. The maximum Gasteiger partial charge on any atom is 0.181 e. The molecule has 6 nitrogen and oxygen atoms in total. The first-order valence-electron chi connectivity index (χ1n) is 12.6. The summed E-state index contributed by atoms with van der Waals surface area (Å²) in [6, 6.07) is 22.0. The van der Waals surface area contributed by atoms with Gasteiger partial charge in [0.1, 0.15) is 0 Å². The van der Waals surface area contributed by atoms with Crippen molar-refractivity contribution in [1.29, 1.82) is 0 Å². The molecule has 0 spiro atoms. The molecule has 1 aliphatic carbocycles. The molecule has 0 saturated heterocycles. The van der Waals surface area contributed by atoms with E-state index in [4.69, 9.17) is 9.97 Å². The smallest absolute Gasteiger partial charge is 0.181 e. The summed E-state index contributed by atoms with van der Waals surface area (Å²) in [5, 5.41) is 3.46. The molecule has 0 aliphatic heterocycles. The molecule has 3 heterocycles. The lowest BCUT2D eigenvalue weighted by atomic mass is 9.91. The molecular formula is C30H29N5O. The number of nitrogens with one attached hydrogen (secondary N) is 1. The van der Waals surface area contributed by atoms with Crippen LogP contribution in [-0.2, 0) is 5.41 Å². The highest BCUT2D eigenvalue weighted by atomic mass is 16.1. The minimum absolute atomic E-state index is 0.0933. The van der Waals surface area contributed by atoms with Crippen molar-refractivity contribution in [2.45, 2.75) is 38.5 Å². The van der Waals surface area contributed by atoms with Gasteiger partial charge in [-0.1, -0.05) is 56.3 Å². The Bertz CT molecular complexity index is 1550. The van der Waals surface area contributed by atoms with E-state index in [2.05, 4.69) is 34.6 Å². The highest BCUT2D eigenvalue weighted by Gasteiger charge is 2.46. The van der Waals surface area contributed by atoms with Crippen LogP contribution in [0, 0.1) is 5.92 Å². The van der Waals surface area contributed by atoms with Crippen LogP contribution in [0.15, 0.2) is 79.1 Å². The average Bonchev–Trinajstić information content (AvgIpc) is 3.55. The summed E-state index contributed by atoms with van der Waals surface area (Å²) in [7, 11) is 0. The van der Waals surface area contributed by atoms with Crippen LogP contribution in [0.1, 0.15) is 49.2 Å². The van der Waals surface area contributed by atoms with Gasteiger partial charge < -0.3 is 5.32 Å². The number of benzene rings is 2. The van der Waals surface area contributed by atoms with Crippen molar-refractivity contribution in [3.05, 3.63) is 90.4 Å². The van der Waals surface area contributed by atoms with Crippen LogP contribution in [-0.4, -0.2) is 31.7 Å². The first-order valence-corrected chi connectivity index (χ1v) is 12.6.